The Kier molecular flexibility index (Phi) is 5.44. The number of ether oxygens (including phenoxy) is 1. The summed E-state index contributed by atoms with van der Waals surface area (Å²) in [6, 6.07) is 7.50. The number of fused-ring (bicyclic) bond motifs is 1. The largest absolute Gasteiger partial charge is 0.484 e. The standard InChI is InChI=1S/C21H22F2N2O2/c1-12-8-15(22)10-16(9-12)27-11-19(26)24-7-6-17-14(3)25-21-18(23)5-4-13(2)20(17)21/h4-5,8-10,25H,6-7,11H2,1-3H3,(H,24,26). The van der Waals surface area contributed by atoms with Crippen LogP contribution in [-0.2, 0) is 11.2 Å². The molecule has 27 heavy (non-hydrogen) atoms. The second kappa shape index (κ2) is 7.78. The molecule has 2 N–H and O–H groups in total. The van der Waals surface area contributed by atoms with Gasteiger partial charge in [0.2, 0.25) is 0 Å². The molecule has 0 fully saturated rings. The number of benzene rings is 2. The Balaban J connectivity index is 1.58. The number of carbonyl (C=O) groups excluding carboxylic acids is 1. The number of aryl methyl sites for hydroxylation is 3. The monoisotopic (exact) mass is 372 g/mol. The lowest BCUT2D eigenvalue weighted by molar-refractivity contribution is -0.123. The van der Waals surface area contributed by atoms with Gasteiger partial charge in [-0.2, -0.15) is 0 Å². The minimum absolute atomic E-state index is 0.191. The Hall–Kier alpha value is -2.89. The van der Waals surface area contributed by atoms with E-state index in [4.69, 9.17) is 4.74 Å². The third kappa shape index (κ3) is 4.27. The molecule has 6 heteroatoms. The number of hydrogen-bond acceptors (Lipinski definition) is 2. The highest BCUT2D eigenvalue weighted by molar-refractivity contribution is 5.88. The lowest BCUT2D eigenvalue weighted by Gasteiger charge is -2.09. The zero-order chi connectivity index (χ0) is 19.6. The molecule has 0 saturated heterocycles. The van der Waals surface area contributed by atoms with Crippen LogP contribution in [0.1, 0.15) is 22.4 Å². The molecule has 0 aliphatic rings. The fourth-order valence-corrected chi connectivity index (χ4v) is 3.27. The van der Waals surface area contributed by atoms with Gasteiger partial charge in [0.05, 0.1) is 5.52 Å². The molecule has 3 rings (SSSR count). The van der Waals surface area contributed by atoms with Gasteiger partial charge in [0.1, 0.15) is 17.4 Å². The summed E-state index contributed by atoms with van der Waals surface area (Å²) >= 11 is 0. The Morgan fingerprint density at radius 3 is 2.67 bits per heavy atom. The van der Waals surface area contributed by atoms with E-state index in [1.165, 1.54) is 18.2 Å². The van der Waals surface area contributed by atoms with Crippen LogP contribution in [0.2, 0.25) is 0 Å². The van der Waals surface area contributed by atoms with Crippen molar-refractivity contribution >= 4 is 16.8 Å². The summed E-state index contributed by atoms with van der Waals surface area (Å²) in [6.45, 7) is 5.79. The third-order valence-corrected chi connectivity index (χ3v) is 4.51. The van der Waals surface area contributed by atoms with Crippen LogP contribution in [0, 0.1) is 32.4 Å². The molecule has 0 aliphatic heterocycles. The zero-order valence-corrected chi connectivity index (χ0v) is 15.6. The average molecular weight is 372 g/mol. The van der Waals surface area contributed by atoms with E-state index in [2.05, 4.69) is 10.3 Å². The van der Waals surface area contributed by atoms with Crippen molar-refractivity contribution < 1.29 is 18.3 Å². The van der Waals surface area contributed by atoms with Crippen molar-refractivity contribution in [2.24, 2.45) is 0 Å². The van der Waals surface area contributed by atoms with E-state index >= 15 is 0 Å². The summed E-state index contributed by atoms with van der Waals surface area (Å²) in [5.41, 5.74) is 4.09. The molecule has 0 radical (unpaired) electrons. The number of H-pyrrole nitrogens is 1. The molecule has 0 atom stereocenters. The van der Waals surface area contributed by atoms with Crippen molar-refractivity contribution in [3.05, 3.63) is 64.4 Å². The Labute approximate surface area is 156 Å². The van der Waals surface area contributed by atoms with Crippen LogP contribution in [-0.4, -0.2) is 24.0 Å². The molecule has 3 aromatic rings. The topological polar surface area (TPSA) is 54.1 Å². The van der Waals surface area contributed by atoms with Crippen molar-refractivity contribution in [3.63, 3.8) is 0 Å². The second-order valence-corrected chi connectivity index (χ2v) is 6.70. The summed E-state index contributed by atoms with van der Waals surface area (Å²) in [5.74, 6) is -0.658. The number of rotatable bonds is 6. The summed E-state index contributed by atoms with van der Waals surface area (Å²) in [5, 5.41) is 3.65. The molecule has 0 saturated carbocycles. The number of carbonyl (C=O) groups is 1. The fourth-order valence-electron chi connectivity index (χ4n) is 3.27. The van der Waals surface area contributed by atoms with E-state index in [1.54, 1.807) is 19.1 Å². The number of nitrogens with one attached hydrogen (secondary N) is 2. The van der Waals surface area contributed by atoms with Gasteiger partial charge in [-0.3, -0.25) is 4.79 Å². The second-order valence-electron chi connectivity index (χ2n) is 6.70. The number of aromatic amines is 1. The van der Waals surface area contributed by atoms with Gasteiger partial charge >= 0.3 is 0 Å². The highest BCUT2D eigenvalue weighted by atomic mass is 19.1. The lowest BCUT2D eigenvalue weighted by Crippen LogP contribution is -2.30. The number of amides is 1. The minimum atomic E-state index is -0.400. The van der Waals surface area contributed by atoms with E-state index in [9.17, 15) is 13.6 Å². The lowest BCUT2D eigenvalue weighted by atomic mass is 10.0. The first-order valence-corrected chi connectivity index (χ1v) is 8.78. The van der Waals surface area contributed by atoms with Crippen LogP contribution in [0.5, 0.6) is 5.75 Å². The van der Waals surface area contributed by atoms with Crippen molar-refractivity contribution in [2.75, 3.05) is 13.2 Å². The summed E-state index contributed by atoms with van der Waals surface area (Å²) < 4.78 is 32.7. The predicted molar refractivity (Wildman–Crippen MR) is 101 cm³/mol. The van der Waals surface area contributed by atoms with E-state index in [0.717, 1.165) is 27.8 Å². The van der Waals surface area contributed by atoms with Crippen molar-refractivity contribution in [1.29, 1.82) is 0 Å². The number of halogens is 2. The molecule has 142 valence electrons. The quantitative estimate of drug-likeness (QED) is 0.684. The maximum atomic E-state index is 14.0. The Morgan fingerprint density at radius 1 is 1.15 bits per heavy atom. The van der Waals surface area contributed by atoms with Gasteiger partial charge < -0.3 is 15.0 Å². The summed E-state index contributed by atoms with van der Waals surface area (Å²) in [4.78, 5) is 15.1. The fraction of sp³-hybridized carbons (Fsp3) is 0.286. The maximum Gasteiger partial charge on any atom is 0.257 e. The number of aromatic nitrogens is 1. The average Bonchev–Trinajstić information content (AvgIpc) is 2.93. The van der Waals surface area contributed by atoms with Crippen LogP contribution in [0.4, 0.5) is 8.78 Å². The zero-order valence-electron chi connectivity index (χ0n) is 15.6. The molecular formula is C21H22F2N2O2. The van der Waals surface area contributed by atoms with Crippen LogP contribution in [0.3, 0.4) is 0 Å². The van der Waals surface area contributed by atoms with Crippen LogP contribution >= 0.6 is 0 Å². The van der Waals surface area contributed by atoms with E-state index < -0.39 is 5.82 Å². The normalized spacial score (nSPS) is 11.0. The molecule has 1 amide bonds. The first-order chi connectivity index (χ1) is 12.8. The molecule has 0 spiro atoms. The molecular weight excluding hydrogens is 350 g/mol. The van der Waals surface area contributed by atoms with Gasteiger partial charge in [-0.1, -0.05) is 6.07 Å². The van der Waals surface area contributed by atoms with E-state index in [-0.39, 0.29) is 18.3 Å². The molecule has 0 bridgehead atoms. The van der Waals surface area contributed by atoms with Crippen molar-refractivity contribution in [1.82, 2.24) is 10.3 Å². The van der Waals surface area contributed by atoms with Crippen LogP contribution < -0.4 is 10.1 Å². The maximum absolute atomic E-state index is 14.0. The van der Waals surface area contributed by atoms with Crippen LogP contribution in [0.25, 0.3) is 10.9 Å². The highest BCUT2D eigenvalue weighted by Gasteiger charge is 2.14. The molecule has 0 aliphatic carbocycles. The Bertz CT molecular complexity index is 975. The molecule has 1 aromatic heterocycles. The van der Waals surface area contributed by atoms with Gasteiger partial charge in [0.15, 0.2) is 6.61 Å². The predicted octanol–water partition coefficient (Wildman–Crippen LogP) is 4.11. The van der Waals surface area contributed by atoms with E-state index in [1.807, 2.05) is 13.8 Å². The van der Waals surface area contributed by atoms with Crippen LogP contribution in [0.15, 0.2) is 30.3 Å². The van der Waals surface area contributed by atoms with Gasteiger partial charge in [0.25, 0.3) is 5.91 Å². The SMILES string of the molecule is Cc1cc(F)cc(OCC(=O)NCCc2c(C)[nH]c3c(F)ccc(C)c23)c1. The highest BCUT2D eigenvalue weighted by Crippen LogP contribution is 2.27. The van der Waals surface area contributed by atoms with Crippen molar-refractivity contribution in [3.8, 4) is 5.75 Å². The first kappa shape index (κ1) is 18.9. The van der Waals surface area contributed by atoms with Crippen molar-refractivity contribution in [2.45, 2.75) is 27.2 Å². The van der Waals surface area contributed by atoms with Gasteiger partial charge in [-0.25, -0.2) is 8.78 Å². The van der Waals surface area contributed by atoms with Gasteiger partial charge in [-0.15, -0.1) is 0 Å². The molecule has 0 unspecified atom stereocenters. The Morgan fingerprint density at radius 2 is 1.93 bits per heavy atom. The minimum Gasteiger partial charge on any atom is -0.484 e. The third-order valence-electron chi connectivity index (χ3n) is 4.51. The summed E-state index contributed by atoms with van der Waals surface area (Å²) in [7, 11) is 0. The number of hydrogen-bond donors (Lipinski definition) is 2. The summed E-state index contributed by atoms with van der Waals surface area (Å²) in [6.07, 6.45) is 0.570. The smallest absolute Gasteiger partial charge is 0.257 e. The van der Waals surface area contributed by atoms with E-state index in [0.29, 0.717) is 24.2 Å². The van der Waals surface area contributed by atoms with Gasteiger partial charge in [-0.05, 0) is 62.1 Å². The van der Waals surface area contributed by atoms with Gasteiger partial charge in [0, 0.05) is 23.7 Å². The molecule has 2 aromatic carbocycles. The molecule has 1 heterocycles. The first-order valence-electron chi connectivity index (χ1n) is 8.78. The molecule has 4 nitrogen and oxygen atoms in total.